The lowest BCUT2D eigenvalue weighted by Crippen LogP contribution is -2.40. The molecule has 23 heavy (non-hydrogen) atoms. The van der Waals surface area contributed by atoms with Crippen molar-refractivity contribution in [2.75, 3.05) is 31.6 Å². The zero-order valence-electron chi connectivity index (χ0n) is 13.1. The summed E-state index contributed by atoms with van der Waals surface area (Å²) < 4.78 is 22.9. The van der Waals surface area contributed by atoms with E-state index in [4.69, 9.17) is 11.6 Å². The number of hydrogen-bond acceptors (Lipinski definition) is 3. The molecule has 5 nitrogen and oxygen atoms in total. The first kappa shape index (κ1) is 20.5. The Hall–Kier alpha value is -0.540. The van der Waals surface area contributed by atoms with Crippen LogP contribution in [0.5, 0.6) is 0 Å². The van der Waals surface area contributed by atoms with Crippen LogP contribution in [-0.4, -0.2) is 46.0 Å². The van der Waals surface area contributed by atoms with Crippen LogP contribution in [-0.2, 0) is 16.3 Å². The number of guanidine groups is 1. The highest BCUT2D eigenvalue weighted by molar-refractivity contribution is 14.0. The van der Waals surface area contributed by atoms with Gasteiger partial charge in [-0.05, 0) is 36.5 Å². The molecule has 0 amide bonds. The van der Waals surface area contributed by atoms with Crippen LogP contribution in [0.25, 0.3) is 0 Å². The summed E-state index contributed by atoms with van der Waals surface area (Å²) in [6.45, 7) is 1.37. The highest BCUT2D eigenvalue weighted by Crippen LogP contribution is 2.17. The van der Waals surface area contributed by atoms with Crippen LogP contribution in [0.1, 0.15) is 12.0 Å². The first-order chi connectivity index (χ1) is 10.5. The Kier molecular flexibility index (Phi) is 8.63. The molecule has 130 valence electrons. The van der Waals surface area contributed by atoms with Gasteiger partial charge in [-0.15, -0.1) is 24.0 Å². The monoisotopic (exact) mass is 471 g/mol. The molecular formula is C15H23ClIN3O2S. The van der Waals surface area contributed by atoms with Gasteiger partial charge in [-0.1, -0.05) is 23.7 Å². The fraction of sp³-hybridized carbons (Fsp3) is 0.533. The minimum Gasteiger partial charge on any atom is -0.356 e. The van der Waals surface area contributed by atoms with Gasteiger partial charge in [0.2, 0.25) is 0 Å². The van der Waals surface area contributed by atoms with Gasteiger partial charge in [-0.2, -0.15) is 0 Å². The molecule has 1 saturated heterocycles. The molecule has 0 bridgehead atoms. The lowest BCUT2D eigenvalue weighted by Gasteiger charge is -2.14. The van der Waals surface area contributed by atoms with Gasteiger partial charge in [0.1, 0.15) is 0 Å². The first-order valence-electron chi connectivity index (χ1n) is 7.38. The van der Waals surface area contributed by atoms with E-state index in [1.165, 1.54) is 0 Å². The molecule has 0 saturated carbocycles. The summed E-state index contributed by atoms with van der Waals surface area (Å²) in [5.74, 6) is 1.46. The molecule has 1 aliphatic heterocycles. The summed E-state index contributed by atoms with van der Waals surface area (Å²) in [5, 5.41) is 7.16. The number of nitrogens with zero attached hydrogens (tertiary/aromatic N) is 1. The van der Waals surface area contributed by atoms with Crippen molar-refractivity contribution >= 4 is 51.4 Å². The minimum absolute atomic E-state index is 0. The van der Waals surface area contributed by atoms with Crippen molar-refractivity contribution in [2.24, 2.45) is 10.9 Å². The van der Waals surface area contributed by atoms with Gasteiger partial charge in [-0.25, -0.2) is 8.42 Å². The van der Waals surface area contributed by atoms with E-state index in [1.54, 1.807) is 7.05 Å². The van der Waals surface area contributed by atoms with Crippen LogP contribution in [0.3, 0.4) is 0 Å². The molecule has 1 heterocycles. The summed E-state index contributed by atoms with van der Waals surface area (Å²) in [5.41, 5.74) is 1.16. The van der Waals surface area contributed by atoms with Gasteiger partial charge < -0.3 is 10.6 Å². The second-order valence-electron chi connectivity index (χ2n) is 5.53. The zero-order chi connectivity index (χ0) is 16.0. The summed E-state index contributed by atoms with van der Waals surface area (Å²) in [7, 11) is -1.11. The van der Waals surface area contributed by atoms with E-state index in [1.807, 2.05) is 24.3 Å². The number of aliphatic imine (C=N–C) groups is 1. The van der Waals surface area contributed by atoms with E-state index < -0.39 is 9.84 Å². The number of halogens is 2. The summed E-state index contributed by atoms with van der Waals surface area (Å²) in [4.78, 5) is 4.15. The predicted molar refractivity (Wildman–Crippen MR) is 107 cm³/mol. The Balaban J connectivity index is 0.00000264. The maximum Gasteiger partial charge on any atom is 0.190 e. The van der Waals surface area contributed by atoms with Crippen molar-refractivity contribution in [3.8, 4) is 0 Å². The van der Waals surface area contributed by atoms with Crippen LogP contribution >= 0.6 is 35.6 Å². The smallest absolute Gasteiger partial charge is 0.190 e. The molecule has 2 rings (SSSR count). The van der Waals surface area contributed by atoms with Gasteiger partial charge in [0.05, 0.1) is 11.5 Å². The molecule has 1 atom stereocenters. The number of hydrogen-bond donors (Lipinski definition) is 2. The van der Waals surface area contributed by atoms with Crippen LogP contribution in [0.2, 0.25) is 5.02 Å². The largest absolute Gasteiger partial charge is 0.356 e. The molecule has 1 aliphatic rings. The Labute approximate surface area is 160 Å². The molecule has 1 unspecified atom stereocenters. The fourth-order valence-electron chi connectivity index (χ4n) is 2.51. The van der Waals surface area contributed by atoms with Crippen molar-refractivity contribution in [3.05, 3.63) is 34.9 Å². The Bertz CT molecular complexity index is 637. The third-order valence-electron chi connectivity index (χ3n) is 3.70. The molecule has 0 aliphatic carbocycles. The van der Waals surface area contributed by atoms with Crippen molar-refractivity contribution in [1.82, 2.24) is 10.6 Å². The summed E-state index contributed by atoms with van der Waals surface area (Å²) in [6, 6.07) is 7.77. The van der Waals surface area contributed by atoms with Gasteiger partial charge in [0.25, 0.3) is 0 Å². The number of rotatable bonds is 5. The second-order valence-corrected chi connectivity index (χ2v) is 8.19. The standard InChI is InChI=1S/C15H22ClN3O2S.HI/c1-17-15(19-10-13-6-8-22(20,21)11-13)18-7-5-12-3-2-4-14(16)9-12;/h2-4,9,13H,5-8,10-11H2,1H3,(H2,17,18,19);1H. The average molecular weight is 472 g/mol. The molecular weight excluding hydrogens is 449 g/mol. The fourth-order valence-corrected chi connectivity index (χ4v) is 4.59. The Morgan fingerprint density at radius 1 is 1.39 bits per heavy atom. The third-order valence-corrected chi connectivity index (χ3v) is 5.78. The van der Waals surface area contributed by atoms with Gasteiger partial charge >= 0.3 is 0 Å². The molecule has 1 fully saturated rings. The van der Waals surface area contributed by atoms with E-state index in [0.717, 1.165) is 30.0 Å². The molecule has 0 spiro atoms. The normalized spacial score (nSPS) is 19.9. The Morgan fingerprint density at radius 2 is 2.17 bits per heavy atom. The maximum atomic E-state index is 11.4. The van der Waals surface area contributed by atoms with Crippen molar-refractivity contribution < 1.29 is 8.42 Å². The zero-order valence-corrected chi connectivity index (χ0v) is 17.0. The van der Waals surface area contributed by atoms with Crippen LogP contribution in [0.4, 0.5) is 0 Å². The average Bonchev–Trinajstić information content (AvgIpc) is 2.82. The lowest BCUT2D eigenvalue weighted by atomic mass is 10.1. The maximum absolute atomic E-state index is 11.4. The van der Waals surface area contributed by atoms with E-state index in [9.17, 15) is 8.42 Å². The Morgan fingerprint density at radius 3 is 2.78 bits per heavy atom. The number of benzene rings is 1. The SMILES string of the molecule is CN=C(NCCc1cccc(Cl)c1)NCC1CCS(=O)(=O)C1.I. The third kappa shape index (κ3) is 7.26. The first-order valence-corrected chi connectivity index (χ1v) is 9.58. The molecule has 1 aromatic carbocycles. The van der Waals surface area contributed by atoms with Gasteiger partial charge in [0, 0.05) is 25.2 Å². The van der Waals surface area contributed by atoms with Crippen LogP contribution in [0.15, 0.2) is 29.3 Å². The minimum atomic E-state index is -2.82. The van der Waals surface area contributed by atoms with E-state index in [0.29, 0.717) is 18.3 Å². The van der Waals surface area contributed by atoms with Crippen LogP contribution in [0, 0.1) is 5.92 Å². The molecule has 2 N–H and O–H groups in total. The second kappa shape index (κ2) is 9.68. The van der Waals surface area contributed by atoms with E-state index >= 15 is 0 Å². The van der Waals surface area contributed by atoms with E-state index in [-0.39, 0.29) is 35.6 Å². The van der Waals surface area contributed by atoms with Crippen molar-refractivity contribution in [3.63, 3.8) is 0 Å². The summed E-state index contributed by atoms with van der Waals surface area (Å²) >= 11 is 5.95. The highest BCUT2D eigenvalue weighted by Gasteiger charge is 2.27. The van der Waals surface area contributed by atoms with Crippen molar-refractivity contribution in [2.45, 2.75) is 12.8 Å². The summed E-state index contributed by atoms with van der Waals surface area (Å²) in [6.07, 6.45) is 1.58. The number of nitrogens with one attached hydrogen (secondary N) is 2. The predicted octanol–water partition coefficient (Wildman–Crippen LogP) is 2.10. The lowest BCUT2D eigenvalue weighted by molar-refractivity contribution is 0.567. The topological polar surface area (TPSA) is 70.6 Å². The van der Waals surface area contributed by atoms with Crippen molar-refractivity contribution in [1.29, 1.82) is 0 Å². The highest BCUT2D eigenvalue weighted by atomic mass is 127. The van der Waals surface area contributed by atoms with Crippen LogP contribution < -0.4 is 10.6 Å². The molecule has 8 heteroatoms. The van der Waals surface area contributed by atoms with Gasteiger partial charge in [-0.3, -0.25) is 4.99 Å². The van der Waals surface area contributed by atoms with Gasteiger partial charge in [0.15, 0.2) is 15.8 Å². The molecule has 1 aromatic rings. The number of sulfone groups is 1. The quantitative estimate of drug-likeness (QED) is 0.392. The molecule has 0 radical (unpaired) electrons. The van der Waals surface area contributed by atoms with E-state index in [2.05, 4.69) is 15.6 Å². The molecule has 0 aromatic heterocycles.